The summed E-state index contributed by atoms with van der Waals surface area (Å²) >= 11 is 6.18. The standard InChI is InChI=1S/C14H20ClN3O2/c1-18(4-5-20-8-9-2-3-9)13-11(14(17)19)6-10(16)7-12(13)15/h6-7,9H,2-5,8,16H2,1H3,(H2,17,19). The topological polar surface area (TPSA) is 81.6 Å². The first-order valence-corrected chi connectivity index (χ1v) is 7.04. The third kappa shape index (κ3) is 3.77. The van der Waals surface area contributed by atoms with E-state index in [0.29, 0.717) is 35.1 Å². The van der Waals surface area contributed by atoms with Crippen LogP contribution in [0.25, 0.3) is 0 Å². The predicted molar refractivity (Wildman–Crippen MR) is 81.2 cm³/mol. The van der Waals surface area contributed by atoms with Crippen LogP contribution in [0.1, 0.15) is 23.2 Å². The number of nitrogens with two attached hydrogens (primary N) is 2. The number of rotatable bonds is 7. The Hall–Kier alpha value is -1.46. The van der Waals surface area contributed by atoms with Crippen LogP contribution in [0.4, 0.5) is 11.4 Å². The molecule has 0 bridgehead atoms. The van der Waals surface area contributed by atoms with Gasteiger partial charge in [0.1, 0.15) is 0 Å². The molecule has 0 atom stereocenters. The van der Waals surface area contributed by atoms with E-state index in [1.807, 2.05) is 11.9 Å². The predicted octanol–water partition coefficient (Wildman–Crippen LogP) is 1.88. The van der Waals surface area contributed by atoms with Gasteiger partial charge in [0.25, 0.3) is 5.91 Å². The molecule has 0 heterocycles. The highest BCUT2D eigenvalue weighted by Gasteiger charge is 2.21. The summed E-state index contributed by atoms with van der Waals surface area (Å²) in [5.74, 6) is 0.196. The van der Waals surface area contributed by atoms with E-state index in [1.165, 1.54) is 12.8 Å². The van der Waals surface area contributed by atoms with Crippen molar-refractivity contribution in [2.45, 2.75) is 12.8 Å². The average Bonchev–Trinajstić information content (AvgIpc) is 3.17. The first-order valence-electron chi connectivity index (χ1n) is 6.66. The van der Waals surface area contributed by atoms with Crippen LogP contribution in [0.5, 0.6) is 0 Å². The van der Waals surface area contributed by atoms with Gasteiger partial charge in [-0.3, -0.25) is 4.79 Å². The molecule has 1 fully saturated rings. The fourth-order valence-corrected chi connectivity index (χ4v) is 2.42. The van der Waals surface area contributed by atoms with Gasteiger partial charge in [0.05, 0.1) is 22.9 Å². The highest BCUT2D eigenvalue weighted by molar-refractivity contribution is 6.34. The summed E-state index contributed by atoms with van der Waals surface area (Å²) < 4.78 is 5.59. The van der Waals surface area contributed by atoms with E-state index < -0.39 is 5.91 Å². The number of hydrogen-bond acceptors (Lipinski definition) is 4. The molecule has 5 nitrogen and oxygen atoms in total. The molecule has 4 N–H and O–H groups in total. The number of anilines is 2. The molecule has 110 valence electrons. The van der Waals surface area contributed by atoms with Gasteiger partial charge in [-0.25, -0.2) is 0 Å². The summed E-state index contributed by atoms with van der Waals surface area (Å²) in [6.45, 7) is 2.04. The van der Waals surface area contributed by atoms with Crippen molar-refractivity contribution in [2.24, 2.45) is 11.7 Å². The Labute approximate surface area is 123 Å². The van der Waals surface area contributed by atoms with Crippen LogP contribution in [-0.2, 0) is 4.74 Å². The lowest BCUT2D eigenvalue weighted by Gasteiger charge is -2.23. The number of ether oxygens (including phenoxy) is 1. The van der Waals surface area contributed by atoms with Crippen LogP contribution in [-0.4, -0.2) is 32.7 Å². The van der Waals surface area contributed by atoms with Crippen LogP contribution in [0.15, 0.2) is 12.1 Å². The maximum absolute atomic E-state index is 11.5. The molecule has 20 heavy (non-hydrogen) atoms. The normalized spacial score (nSPS) is 14.3. The van der Waals surface area contributed by atoms with Crippen molar-refractivity contribution in [2.75, 3.05) is 37.4 Å². The second-order valence-electron chi connectivity index (χ2n) is 5.20. The van der Waals surface area contributed by atoms with Gasteiger partial charge < -0.3 is 21.1 Å². The molecule has 6 heteroatoms. The van der Waals surface area contributed by atoms with Gasteiger partial charge in [-0.15, -0.1) is 0 Å². The Bertz CT molecular complexity index is 503. The molecule has 0 aliphatic heterocycles. The van der Waals surface area contributed by atoms with Gasteiger partial charge in [-0.2, -0.15) is 0 Å². The van der Waals surface area contributed by atoms with E-state index in [0.717, 1.165) is 12.5 Å². The van der Waals surface area contributed by atoms with Crippen LogP contribution in [0, 0.1) is 5.92 Å². The number of nitrogen functional groups attached to an aromatic ring is 1. The van der Waals surface area contributed by atoms with Gasteiger partial charge in [0.2, 0.25) is 0 Å². The van der Waals surface area contributed by atoms with Crippen molar-refractivity contribution >= 4 is 28.9 Å². The van der Waals surface area contributed by atoms with Gasteiger partial charge in [-0.05, 0) is 30.9 Å². The zero-order chi connectivity index (χ0) is 14.7. The third-order valence-electron chi connectivity index (χ3n) is 3.35. The fraction of sp³-hybridized carbons (Fsp3) is 0.500. The minimum absolute atomic E-state index is 0.333. The lowest BCUT2D eigenvalue weighted by molar-refractivity contribution is 0.100. The maximum atomic E-state index is 11.5. The molecule has 1 aromatic rings. The molecule has 0 unspecified atom stereocenters. The van der Waals surface area contributed by atoms with Crippen LogP contribution < -0.4 is 16.4 Å². The van der Waals surface area contributed by atoms with E-state index in [-0.39, 0.29) is 0 Å². The number of halogens is 1. The Morgan fingerprint density at radius 2 is 2.20 bits per heavy atom. The van der Waals surface area contributed by atoms with Crippen LogP contribution in [0.2, 0.25) is 5.02 Å². The number of nitrogens with zero attached hydrogens (tertiary/aromatic N) is 1. The lowest BCUT2D eigenvalue weighted by atomic mass is 10.1. The molecule has 0 aromatic heterocycles. The number of carbonyl (C=O) groups excluding carboxylic acids is 1. The number of amides is 1. The first kappa shape index (κ1) is 14.9. The highest BCUT2D eigenvalue weighted by Crippen LogP contribution is 2.32. The summed E-state index contributed by atoms with van der Waals surface area (Å²) in [7, 11) is 1.85. The monoisotopic (exact) mass is 297 g/mol. The summed E-state index contributed by atoms with van der Waals surface area (Å²) in [4.78, 5) is 13.4. The van der Waals surface area contributed by atoms with Crippen LogP contribution >= 0.6 is 11.6 Å². The molecule has 1 aliphatic rings. The number of primary amides is 1. The van der Waals surface area contributed by atoms with E-state index in [1.54, 1.807) is 12.1 Å². The zero-order valence-corrected chi connectivity index (χ0v) is 12.3. The summed E-state index contributed by atoms with van der Waals surface area (Å²) in [6.07, 6.45) is 2.54. The van der Waals surface area contributed by atoms with Crippen molar-refractivity contribution in [3.8, 4) is 0 Å². The van der Waals surface area contributed by atoms with E-state index >= 15 is 0 Å². The van der Waals surface area contributed by atoms with Gasteiger partial charge in [0.15, 0.2) is 0 Å². The second-order valence-corrected chi connectivity index (χ2v) is 5.61. The van der Waals surface area contributed by atoms with Crippen molar-refractivity contribution in [3.63, 3.8) is 0 Å². The summed E-state index contributed by atoms with van der Waals surface area (Å²) in [5, 5.41) is 0.420. The Kier molecular flexibility index (Phi) is 4.73. The zero-order valence-electron chi connectivity index (χ0n) is 11.6. The van der Waals surface area contributed by atoms with Crippen molar-refractivity contribution in [1.29, 1.82) is 0 Å². The molecule has 0 radical (unpaired) electrons. The Morgan fingerprint density at radius 1 is 1.50 bits per heavy atom. The largest absolute Gasteiger partial charge is 0.399 e. The van der Waals surface area contributed by atoms with E-state index in [9.17, 15) is 4.79 Å². The Balaban J connectivity index is 2.03. The van der Waals surface area contributed by atoms with Gasteiger partial charge in [-0.1, -0.05) is 11.6 Å². The third-order valence-corrected chi connectivity index (χ3v) is 3.64. The summed E-state index contributed by atoms with van der Waals surface area (Å²) in [6, 6.07) is 3.16. The van der Waals surface area contributed by atoms with Gasteiger partial charge in [0, 0.05) is 25.9 Å². The van der Waals surface area contributed by atoms with Crippen molar-refractivity contribution < 1.29 is 9.53 Å². The first-order chi connectivity index (χ1) is 9.49. The highest BCUT2D eigenvalue weighted by atomic mass is 35.5. The number of likely N-dealkylation sites (N-methyl/N-ethyl adjacent to an activating group) is 1. The smallest absolute Gasteiger partial charge is 0.250 e. The molecule has 0 saturated heterocycles. The van der Waals surface area contributed by atoms with E-state index in [2.05, 4.69) is 0 Å². The number of benzene rings is 1. The fourth-order valence-electron chi connectivity index (χ4n) is 2.04. The molecular weight excluding hydrogens is 278 g/mol. The quantitative estimate of drug-likeness (QED) is 0.595. The molecule has 1 aliphatic carbocycles. The minimum atomic E-state index is -0.542. The molecule has 1 aromatic carbocycles. The lowest BCUT2D eigenvalue weighted by Crippen LogP contribution is -2.26. The number of carbonyl (C=O) groups is 1. The van der Waals surface area contributed by atoms with Crippen molar-refractivity contribution in [3.05, 3.63) is 22.7 Å². The molecule has 1 amide bonds. The molecule has 1 saturated carbocycles. The summed E-state index contributed by atoms with van der Waals surface area (Å²) in [5.41, 5.74) is 12.4. The SMILES string of the molecule is CN(CCOCC1CC1)c1c(Cl)cc(N)cc1C(N)=O. The molecule has 2 rings (SSSR count). The van der Waals surface area contributed by atoms with Crippen molar-refractivity contribution in [1.82, 2.24) is 0 Å². The Morgan fingerprint density at radius 3 is 2.80 bits per heavy atom. The molecule has 0 spiro atoms. The van der Waals surface area contributed by atoms with Crippen LogP contribution in [0.3, 0.4) is 0 Å². The van der Waals surface area contributed by atoms with Gasteiger partial charge >= 0.3 is 0 Å². The second kappa shape index (κ2) is 6.33. The minimum Gasteiger partial charge on any atom is -0.399 e. The maximum Gasteiger partial charge on any atom is 0.250 e. The van der Waals surface area contributed by atoms with E-state index in [4.69, 9.17) is 27.8 Å². The number of hydrogen-bond donors (Lipinski definition) is 2. The average molecular weight is 298 g/mol. The molecular formula is C14H20ClN3O2.